The molecule has 6 heteroatoms. The summed E-state index contributed by atoms with van der Waals surface area (Å²) in [6.45, 7) is 0.729. The molecule has 0 aromatic heterocycles. The first-order chi connectivity index (χ1) is 7.54. The van der Waals surface area contributed by atoms with Gasteiger partial charge in [0.25, 0.3) is 0 Å². The predicted octanol–water partition coefficient (Wildman–Crippen LogP) is 5.87. The van der Waals surface area contributed by atoms with E-state index in [0.29, 0.717) is 0 Å². The Labute approximate surface area is 130 Å². The van der Waals surface area contributed by atoms with Gasteiger partial charge in [0, 0.05) is 21.6 Å². The van der Waals surface area contributed by atoms with Gasteiger partial charge in [0.05, 0.1) is 8.41 Å². The molecule has 1 nitrogen and oxygen atoms in total. The fourth-order valence-corrected chi connectivity index (χ4v) is 3.45. The van der Waals surface area contributed by atoms with Crippen LogP contribution in [0.25, 0.3) is 0 Å². The van der Waals surface area contributed by atoms with Crippen LogP contribution >= 0.6 is 71.2 Å². The van der Waals surface area contributed by atoms with Crippen LogP contribution in [0.3, 0.4) is 0 Å². The van der Waals surface area contributed by atoms with Crippen molar-refractivity contribution in [1.82, 2.24) is 0 Å². The van der Waals surface area contributed by atoms with Gasteiger partial charge in [0.1, 0.15) is 0 Å². The smallest absolute Gasteiger partial charge is 0.0581 e. The third kappa shape index (κ3) is 4.61. The molecule has 0 fully saturated rings. The van der Waals surface area contributed by atoms with E-state index in [1.807, 2.05) is 24.5 Å². The Hall–Kier alpha value is 0.840. The fraction of sp³-hybridized carbons (Fsp3) is 0.200. The average molecular weight is 450 g/mol. The molecule has 0 atom stereocenters. The monoisotopic (exact) mass is 447 g/mol. The summed E-state index contributed by atoms with van der Waals surface area (Å²) in [6.07, 6.45) is 3.98. The zero-order valence-corrected chi connectivity index (χ0v) is 14.7. The first-order valence-electron chi connectivity index (χ1n) is 4.32. The van der Waals surface area contributed by atoms with E-state index in [1.54, 1.807) is 11.8 Å². The number of benzene rings is 1. The molecule has 0 amide bonds. The van der Waals surface area contributed by atoms with Gasteiger partial charge in [0.15, 0.2) is 0 Å². The summed E-state index contributed by atoms with van der Waals surface area (Å²) < 4.78 is 1.94. The maximum atomic E-state index is 6.15. The summed E-state index contributed by atoms with van der Waals surface area (Å²) >= 11 is 17.9. The number of hydrogen-bond donors (Lipinski definition) is 1. The molecule has 0 saturated heterocycles. The Morgan fingerprint density at radius 3 is 2.69 bits per heavy atom. The molecule has 1 rings (SSSR count). The number of rotatable bonds is 4. The highest BCUT2D eigenvalue weighted by Gasteiger charge is 2.06. The largest absolute Gasteiger partial charge is 0.381 e. The average Bonchev–Trinajstić information content (AvgIpc) is 2.16. The molecule has 0 aliphatic rings. The van der Waals surface area contributed by atoms with Crippen molar-refractivity contribution in [3.8, 4) is 0 Å². The van der Waals surface area contributed by atoms with E-state index in [4.69, 9.17) is 11.6 Å². The molecule has 0 aliphatic heterocycles. The minimum Gasteiger partial charge on any atom is -0.381 e. The second-order valence-corrected chi connectivity index (χ2v) is 7.70. The second kappa shape index (κ2) is 7.31. The van der Waals surface area contributed by atoms with Crippen molar-refractivity contribution < 1.29 is 0 Å². The fourth-order valence-electron chi connectivity index (χ4n) is 1.10. The second-order valence-electron chi connectivity index (χ2n) is 2.85. The van der Waals surface area contributed by atoms with E-state index in [2.05, 4.69) is 53.1 Å². The van der Waals surface area contributed by atoms with Gasteiger partial charge in [-0.1, -0.05) is 11.6 Å². The molecule has 0 spiro atoms. The van der Waals surface area contributed by atoms with E-state index in [0.717, 1.165) is 30.0 Å². The molecule has 0 heterocycles. The Bertz CT molecular complexity index is 382. The third-order valence-corrected chi connectivity index (χ3v) is 4.56. The highest BCUT2D eigenvalue weighted by molar-refractivity contribution is 9.28. The number of anilines is 1. The highest BCUT2D eigenvalue weighted by Crippen LogP contribution is 2.35. The lowest BCUT2D eigenvalue weighted by Gasteiger charge is -2.09. The SMILES string of the molecule is CSc1c(Cl)cc(NCC=C(Br)Br)cc1Br. The van der Waals surface area contributed by atoms with E-state index < -0.39 is 0 Å². The molecule has 0 radical (unpaired) electrons. The topological polar surface area (TPSA) is 12.0 Å². The zero-order valence-electron chi connectivity index (χ0n) is 8.36. The Kier molecular flexibility index (Phi) is 6.81. The van der Waals surface area contributed by atoms with Crippen LogP contribution in [0.4, 0.5) is 5.69 Å². The van der Waals surface area contributed by atoms with Crippen molar-refractivity contribution in [3.63, 3.8) is 0 Å². The van der Waals surface area contributed by atoms with Gasteiger partial charge in [-0.05, 0) is 72.3 Å². The number of nitrogens with one attached hydrogen (secondary N) is 1. The summed E-state index contributed by atoms with van der Waals surface area (Å²) in [5.41, 5.74) is 0.993. The summed E-state index contributed by atoms with van der Waals surface area (Å²) in [7, 11) is 0. The molecule has 0 unspecified atom stereocenters. The minimum absolute atomic E-state index is 0.729. The molecule has 0 bridgehead atoms. The van der Waals surface area contributed by atoms with E-state index in [9.17, 15) is 0 Å². The Morgan fingerprint density at radius 1 is 1.50 bits per heavy atom. The van der Waals surface area contributed by atoms with Gasteiger partial charge in [-0.3, -0.25) is 0 Å². The lowest BCUT2D eigenvalue weighted by atomic mass is 10.3. The quantitative estimate of drug-likeness (QED) is 0.576. The van der Waals surface area contributed by atoms with Crippen LogP contribution in [0, 0.1) is 0 Å². The van der Waals surface area contributed by atoms with Crippen molar-refractivity contribution in [1.29, 1.82) is 0 Å². The number of thioether (sulfide) groups is 1. The third-order valence-electron chi connectivity index (χ3n) is 1.76. The molecular formula is C10H9Br3ClNS. The summed E-state index contributed by atoms with van der Waals surface area (Å²) in [4.78, 5) is 1.06. The van der Waals surface area contributed by atoms with Gasteiger partial charge < -0.3 is 5.32 Å². The number of hydrogen-bond acceptors (Lipinski definition) is 2. The van der Waals surface area contributed by atoms with Crippen LogP contribution in [0.15, 0.2) is 31.0 Å². The van der Waals surface area contributed by atoms with E-state index >= 15 is 0 Å². The molecule has 88 valence electrons. The predicted molar refractivity (Wildman–Crippen MR) is 85.4 cm³/mol. The van der Waals surface area contributed by atoms with Crippen LogP contribution in [0.5, 0.6) is 0 Å². The van der Waals surface area contributed by atoms with Gasteiger partial charge in [-0.25, -0.2) is 0 Å². The van der Waals surface area contributed by atoms with Crippen molar-refractivity contribution in [2.45, 2.75) is 4.90 Å². The molecule has 16 heavy (non-hydrogen) atoms. The van der Waals surface area contributed by atoms with Crippen LogP contribution < -0.4 is 5.32 Å². The van der Waals surface area contributed by atoms with Gasteiger partial charge >= 0.3 is 0 Å². The lowest BCUT2D eigenvalue weighted by molar-refractivity contribution is 1.31. The van der Waals surface area contributed by atoms with Gasteiger partial charge in [0.2, 0.25) is 0 Å². The molecular weight excluding hydrogens is 441 g/mol. The van der Waals surface area contributed by atoms with Gasteiger partial charge in [-0.2, -0.15) is 0 Å². The van der Waals surface area contributed by atoms with Crippen LogP contribution in [-0.4, -0.2) is 12.8 Å². The van der Waals surface area contributed by atoms with Gasteiger partial charge in [-0.15, -0.1) is 11.8 Å². The minimum atomic E-state index is 0.729. The van der Waals surface area contributed by atoms with Crippen LogP contribution in [0.2, 0.25) is 5.02 Å². The van der Waals surface area contributed by atoms with Crippen molar-refractivity contribution in [2.24, 2.45) is 0 Å². The first-order valence-corrected chi connectivity index (χ1v) is 8.31. The van der Waals surface area contributed by atoms with Crippen molar-refractivity contribution in [3.05, 3.63) is 31.1 Å². The van der Waals surface area contributed by atoms with Crippen LogP contribution in [0.1, 0.15) is 0 Å². The first kappa shape index (κ1) is 14.9. The summed E-state index contributed by atoms with van der Waals surface area (Å²) in [6, 6.07) is 3.95. The molecule has 1 aromatic rings. The van der Waals surface area contributed by atoms with Crippen molar-refractivity contribution >= 4 is 76.8 Å². The Morgan fingerprint density at radius 2 is 2.19 bits per heavy atom. The van der Waals surface area contributed by atoms with E-state index in [-0.39, 0.29) is 0 Å². The van der Waals surface area contributed by atoms with E-state index in [1.165, 1.54) is 0 Å². The van der Waals surface area contributed by atoms with Crippen LogP contribution in [-0.2, 0) is 0 Å². The normalized spacial score (nSPS) is 10.1. The van der Waals surface area contributed by atoms with Crippen molar-refractivity contribution in [2.75, 3.05) is 18.1 Å². The highest BCUT2D eigenvalue weighted by atomic mass is 79.9. The molecule has 0 aliphatic carbocycles. The summed E-state index contributed by atoms with van der Waals surface area (Å²) in [5.74, 6) is 0. The molecule has 0 saturated carbocycles. The standard InChI is InChI=1S/C10H9Br3ClNS/c1-16-10-7(11)4-6(5-8(10)14)15-3-2-9(12)13/h2,4-5,15H,3H2,1H3. The molecule has 1 aromatic carbocycles. The Balaban J connectivity index is 2.80. The molecule has 1 N–H and O–H groups in total. The zero-order chi connectivity index (χ0) is 12.1. The maximum Gasteiger partial charge on any atom is 0.0581 e. The summed E-state index contributed by atoms with van der Waals surface area (Å²) in [5, 5.41) is 4.00. The maximum absolute atomic E-state index is 6.15. The number of halogens is 4. The lowest BCUT2D eigenvalue weighted by Crippen LogP contribution is -1.98.